The number of nitrogens with zero attached hydrogens (tertiary/aromatic N) is 2. The first-order valence-corrected chi connectivity index (χ1v) is 8.01. The number of carbonyl (C=O) groups excluding carboxylic acids is 1. The smallest absolute Gasteiger partial charge is 0.266 e. The van der Waals surface area contributed by atoms with Crippen molar-refractivity contribution in [3.63, 3.8) is 0 Å². The van der Waals surface area contributed by atoms with Crippen molar-refractivity contribution in [1.29, 1.82) is 0 Å². The molecule has 0 spiro atoms. The molecule has 0 atom stereocenters. The van der Waals surface area contributed by atoms with E-state index >= 15 is 0 Å². The van der Waals surface area contributed by atoms with Crippen molar-refractivity contribution in [2.24, 2.45) is 0 Å². The van der Waals surface area contributed by atoms with E-state index in [1.54, 1.807) is 13.2 Å². The molecule has 0 aliphatic heterocycles. The van der Waals surface area contributed by atoms with E-state index in [4.69, 9.17) is 4.74 Å². The van der Waals surface area contributed by atoms with Gasteiger partial charge in [-0.2, -0.15) is 5.10 Å². The minimum absolute atomic E-state index is 0.00985. The van der Waals surface area contributed by atoms with Crippen molar-refractivity contribution in [3.05, 3.63) is 46.8 Å². The summed E-state index contributed by atoms with van der Waals surface area (Å²) in [6.45, 7) is 4.25. The Morgan fingerprint density at radius 2 is 1.92 bits per heavy atom. The molecule has 1 N–H and O–H groups in total. The maximum atomic E-state index is 11.9. The Hall–Kier alpha value is -2.63. The zero-order chi connectivity index (χ0) is 17.5. The third kappa shape index (κ3) is 4.94. The molecular formula is C18H23N3O3. The Labute approximate surface area is 141 Å². The van der Waals surface area contributed by atoms with Gasteiger partial charge in [0, 0.05) is 30.6 Å². The van der Waals surface area contributed by atoms with Gasteiger partial charge in [0.1, 0.15) is 5.75 Å². The summed E-state index contributed by atoms with van der Waals surface area (Å²) < 4.78 is 6.54. The number of methoxy groups -OCH3 is 1. The molecule has 1 heterocycles. The van der Waals surface area contributed by atoms with E-state index in [0.717, 1.165) is 11.3 Å². The fraction of sp³-hybridized carbons (Fsp3) is 0.389. The lowest BCUT2D eigenvalue weighted by Crippen LogP contribution is -2.30. The highest BCUT2D eigenvalue weighted by atomic mass is 16.5. The lowest BCUT2D eigenvalue weighted by Gasteiger charge is -2.09. The zero-order valence-electron chi connectivity index (χ0n) is 14.3. The Bertz CT molecular complexity index is 736. The van der Waals surface area contributed by atoms with Crippen molar-refractivity contribution >= 4 is 5.91 Å². The van der Waals surface area contributed by atoms with Crippen LogP contribution in [0.25, 0.3) is 11.3 Å². The van der Waals surface area contributed by atoms with Crippen LogP contribution in [-0.2, 0) is 11.3 Å². The third-order valence-corrected chi connectivity index (χ3v) is 3.48. The number of amides is 1. The Kier molecular flexibility index (Phi) is 6.12. The van der Waals surface area contributed by atoms with Gasteiger partial charge >= 0.3 is 0 Å². The van der Waals surface area contributed by atoms with Crippen LogP contribution in [-0.4, -0.2) is 28.8 Å². The minimum Gasteiger partial charge on any atom is -0.497 e. The second-order valence-electron chi connectivity index (χ2n) is 5.83. The number of nitrogens with one attached hydrogen (secondary N) is 1. The monoisotopic (exact) mass is 329 g/mol. The van der Waals surface area contributed by atoms with E-state index in [2.05, 4.69) is 10.4 Å². The Morgan fingerprint density at radius 1 is 1.21 bits per heavy atom. The van der Waals surface area contributed by atoms with Crippen LogP contribution in [0.3, 0.4) is 0 Å². The van der Waals surface area contributed by atoms with Crippen molar-refractivity contribution in [1.82, 2.24) is 15.1 Å². The van der Waals surface area contributed by atoms with E-state index < -0.39 is 0 Å². The molecule has 0 saturated heterocycles. The van der Waals surface area contributed by atoms with E-state index in [-0.39, 0.29) is 17.5 Å². The first kappa shape index (κ1) is 17.7. The normalized spacial score (nSPS) is 10.7. The van der Waals surface area contributed by atoms with E-state index in [0.29, 0.717) is 25.1 Å². The second-order valence-corrected chi connectivity index (χ2v) is 5.83. The van der Waals surface area contributed by atoms with Gasteiger partial charge in [0.25, 0.3) is 5.56 Å². The first-order valence-electron chi connectivity index (χ1n) is 8.01. The highest BCUT2D eigenvalue weighted by Gasteiger charge is 2.06. The lowest BCUT2D eigenvalue weighted by atomic mass is 10.1. The summed E-state index contributed by atoms with van der Waals surface area (Å²) in [5, 5.41) is 7.22. The van der Waals surface area contributed by atoms with Gasteiger partial charge in [-0.1, -0.05) is 0 Å². The average Bonchev–Trinajstić information content (AvgIpc) is 2.56. The van der Waals surface area contributed by atoms with Gasteiger partial charge in [-0.15, -0.1) is 0 Å². The summed E-state index contributed by atoms with van der Waals surface area (Å²) in [5.41, 5.74) is 1.45. The van der Waals surface area contributed by atoms with Crippen molar-refractivity contribution in [2.75, 3.05) is 7.11 Å². The summed E-state index contributed by atoms with van der Waals surface area (Å²) in [6, 6.07) is 10.8. The van der Waals surface area contributed by atoms with Crippen LogP contribution >= 0.6 is 0 Å². The molecule has 0 radical (unpaired) electrons. The van der Waals surface area contributed by atoms with E-state index in [1.165, 1.54) is 10.7 Å². The Morgan fingerprint density at radius 3 is 2.54 bits per heavy atom. The molecule has 0 aliphatic rings. The van der Waals surface area contributed by atoms with Gasteiger partial charge in [-0.05, 0) is 50.6 Å². The molecule has 128 valence electrons. The Balaban J connectivity index is 2.05. The molecular weight excluding hydrogens is 306 g/mol. The summed E-state index contributed by atoms with van der Waals surface area (Å²) >= 11 is 0. The van der Waals surface area contributed by atoms with Crippen LogP contribution in [0.15, 0.2) is 41.2 Å². The fourth-order valence-electron chi connectivity index (χ4n) is 2.31. The predicted octanol–water partition coefficient (Wildman–Crippen LogP) is 2.22. The van der Waals surface area contributed by atoms with Gasteiger partial charge in [0.05, 0.1) is 12.8 Å². The quantitative estimate of drug-likeness (QED) is 0.845. The zero-order valence-corrected chi connectivity index (χ0v) is 14.3. The maximum absolute atomic E-state index is 11.9. The number of hydrogen-bond acceptors (Lipinski definition) is 4. The topological polar surface area (TPSA) is 73.2 Å². The number of ether oxygens (including phenoxy) is 1. The molecule has 1 aromatic heterocycles. The minimum atomic E-state index is -0.170. The largest absolute Gasteiger partial charge is 0.497 e. The highest BCUT2D eigenvalue weighted by molar-refractivity contribution is 5.76. The van der Waals surface area contributed by atoms with Gasteiger partial charge in [0.2, 0.25) is 5.91 Å². The van der Waals surface area contributed by atoms with Gasteiger partial charge in [0.15, 0.2) is 0 Å². The summed E-state index contributed by atoms with van der Waals surface area (Å²) in [5.74, 6) is 0.757. The van der Waals surface area contributed by atoms with Crippen LogP contribution < -0.4 is 15.6 Å². The number of aromatic nitrogens is 2. The number of hydrogen-bond donors (Lipinski definition) is 1. The van der Waals surface area contributed by atoms with Crippen molar-refractivity contribution in [3.8, 4) is 17.0 Å². The molecule has 1 aromatic carbocycles. The summed E-state index contributed by atoms with van der Waals surface area (Å²) in [7, 11) is 1.61. The third-order valence-electron chi connectivity index (χ3n) is 3.48. The number of carbonyl (C=O) groups is 1. The highest BCUT2D eigenvalue weighted by Crippen LogP contribution is 2.19. The van der Waals surface area contributed by atoms with Crippen molar-refractivity contribution < 1.29 is 9.53 Å². The second kappa shape index (κ2) is 8.29. The van der Waals surface area contributed by atoms with E-state index in [1.807, 2.05) is 38.1 Å². The molecule has 0 aliphatic carbocycles. The SMILES string of the molecule is COc1ccc(-c2ccc(=O)n(CCCC(=O)NC(C)C)n2)cc1. The molecule has 0 fully saturated rings. The van der Waals surface area contributed by atoms with Gasteiger partial charge in [-0.25, -0.2) is 4.68 Å². The maximum Gasteiger partial charge on any atom is 0.266 e. The van der Waals surface area contributed by atoms with Gasteiger partial charge in [-0.3, -0.25) is 9.59 Å². The van der Waals surface area contributed by atoms with Crippen LogP contribution in [0.4, 0.5) is 0 Å². The summed E-state index contributed by atoms with van der Waals surface area (Å²) in [4.78, 5) is 23.6. The van der Waals surface area contributed by atoms with Crippen molar-refractivity contribution in [2.45, 2.75) is 39.3 Å². The average molecular weight is 329 g/mol. The lowest BCUT2D eigenvalue weighted by molar-refractivity contribution is -0.121. The molecule has 1 amide bonds. The van der Waals surface area contributed by atoms with Crippen LogP contribution in [0.5, 0.6) is 5.75 Å². The molecule has 2 aromatic rings. The standard InChI is InChI=1S/C18H23N3O3/c1-13(2)19-17(22)5-4-12-21-18(23)11-10-16(20-21)14-6-8-15(24-3)9-7-14/h6-11,13H,4-5,12H2,1-3H3,(H,19,22). The number of benzene rings is 1. The molecule has 2 rings (SSSR count). The van der Waals surface area contributed by atoms with Crippen LogP contribution in [0, 0.1) is 0 Å². The van der Waals surface area contributed by atoms with E-state index in [9.17, 15) is 9.59 Å². The predicted molar refractivity (Wildman–Crippen MR) is 93.0 cm³/mol. The molecule has 0 saturated carbocycles. The molecule has 0 bridgehead atoms. The molecule has 0 unspecified atom stereocenters. The summed E-state index contributed by atoms with van der Waals surface area (Å²) in [6.07, 6.45) is 0.941. The van der Waals surface area contributed by atoms with Crippen LogP contribution in [0.1, 0.15) is 26.7 Å². The fourth-order valence-corrected chi connectivity index (χ4v) is 2.31. The molecule has 24 heavy (non-hydrogen) atoms. The molecule has 6 heteroatoms. The number of rotatable bonds is 7. The van der Waals surface area contributed by atoms with Crippen LogP contribution in [0.2, 0.25) is 0 Å². The number of aryl methyl sites for hydroxylation is 1. The first-order chi connectivity index (χ1) is 11.5. The van der Waals surface area contributed by atoms with Gasteiger partial charge < -0.3 is 10.1 Å². The molecule has 6 nitrogen and oxygen atoms in total.